The fourth-order valence-corrected chi connectivity index (χ4v) is 7.34. The fraction of sp³-hybridized carbons (Fsp3) is 0.0625. The van der Waals surface area contributed by atoms with E-state index in [-0.39, 0.29) is 4.90 Å². The number of para-hydroxylation sites is 1. The minimum absolute atomic E-state index is 0.147. The van der Waals surface area contributed by atoms with Gasteiger partial charge in [-0.05, 0) is 0 Å². The molecule has 2 aromatic rings. The van der Waals surface area contributed by atoms with Gasteiger partial charge in [0, 0.05) is 0 Å². The molecule has 2 aromatic carbocycles. The molecular weight excluding hydrogens is 361 g/mol. The van der Waals surface area contributed by atoms with E-state index in [1.807, 2.05) is 18.2 Å². The number of carbonyl (C=O) groups is 1. The summed E-state index contributed by atoms with van der Waals surface area (Å²) < 4.78 is 26.1. The van der Waals surface area contributed by atoms with Crippen molar-refractivity contribution >= 4 is 38.6 Å². The van der Waals surface area contributed by atoms with E-state index < -0.39 is 28.6 Å². The third-order valence-electron chi connectivity index (χ3n) is 2.78. The first-order valence-corrected chi connectivity index (χ1v) is 11.2. The molecule has 0 aliphatic heterocycles. The van der Waals surface area contributed by atoms with Crippen LogP contribution in [0.1, 0.15) is 6.92 Å². The number of hydrogen-bond donors (Lipinski definition) is 1. The van der Waals surface area contributed by atoms with Crippen LogP contribution in [0.2, 0.25) is 0 Å². The second-order valence-corrected chi connectivity index (χ2v) is 11.5. The molecule has 1 amide bonds. The Labute approximate surface area is 135 Å². The van der Waals surface area contributed by atoms with Gasteiger partial charge in [-0.1, -0.05) is 0 Å². The number of hydrogen-bond acceptors (Lipinski definition) is 3. The van der Waals surface area contributed by atoms with Crippen molar-refractivity contribution in [3.05, 3.63) is 66.7 Å². The van der Waals surface area contributed by atoms with Crippen molar-refractivity contribution in [1.82, 2.24) is 0 Å². The van der Waals surface area contributed by atoms with Gasteiger partial charge in [0.05, 0.1) is 0 Å². The molecule has 0 aliphatic carbocycles. The van der Waals surface area contributed by atoms with E-state index in [0.717, 1.165) is 4.35 Å². The summed E-state index contributed by atoms with van der Waals surface area (Å²) in [6.45, 7) is 5.13. The van der Waals surface area contributed by atoms with Crippen molar-refractivity contribution < 1.29 is 13.2 Å². The Kier molecular flexibility index (Phi) is 5.22. The van der Waals surface area contributed by atoms with Crippen LogP contribution in [0.25, 0.3) is 0 Å². The molecule has 0 spiro atoms. The second-order valence-electron chi connectivity index (χ2n) is 4.63. The molecule has 1 radical (unpaired) electrons. The number of benzene rings is 2. The van der Waals surface area contributed by atoms with Crippen molar-refractivity contribution in [3.63, 3.8) is 0 Å². The molecule has 0 saturated heterocycles. The molecule has 0 aliphatic rings. The van der Waals surface area contributed by atoms with Crippen LogP contribution in [-0.4, -0.2) is 28.9 Å². The van der Waals surface area contributed by atoms with Gasteiger partial charge in [-0.15, -0.1) is 0 Å². The first-order valence-electron chi connectivity index (χ1n) is 6.49. The summed E-state index contributed by atoms with van der Waals surface area (Å²) in [7, 11) is -3.47. The van der Waals surface area contributed by atoms with Crippen LogP contribution in [0.4, 0.5) is 5.69 Å². The van der Waals surface area contributed by atoms with Gasteiger partial charge in [-0.2, -0.15) is 0 Å². The molecule has 0 aromatic heterocycles. The van der Waals surface area contributed by atoms with E-state index in [2.05, 4.69) is 11.9 Å². The third-order valence-corrected chi connectivity index (χ3v) is 8.85. The van der Waals surface area contributed by atoms with Gasteiger partial charge >= 0.3 is 136 Å². The van der Waals surface area contributed by atoms with Crippen LogP contribution in [0, 0.1) is 0 Å². The van der Waals surface area contributed by atoms with E-state index in [9.17, 15) is 13.2 Å². The average Bonchev–Trinajstić information content (AvgIpc) is 2.48. The number of carbonyl (C=O) groups excluding carboxylic acids is 1. The summed E-state index contributed by atoms with van der Waals surface area (Å²) in [4.78, 5) is 11.9. The summed E-state index contributed by atoms with van der Waals surface area (Å²) in [5, 5.41) is 2.60. The molecule has 0 fully saturated rings. The Morgan fingerprint density at radius 1 is 1.05 bits per heavy atom. The Hall–Kier alpha value is -1.84. The number of amides is 1. The topological polar surface area (TPSA) is 63.2 Å². The van der Waals surface area contributed by atoms with Gasteiger partial charge in [0.25, 0.3) is 0 Å². The maximum absolute atomic E-state index is 12.6. The molecule has 1 N–H and O–H groups in total. The van der Waals surface area contributed by atoms with E-state index in [1.54, 1.807) is 37.3 Å². The second kappa shape index (κ2) is 6.95. The van der Waals surface area contributed by atoms with Crippen LogP contribution in [-0.2, 0) is 12.9 Å². The van der Waals surface area contributed by atoms with Gasteiger partial charge in [0.15, 0.2) is 0 Å². The summed E-state index contributed by atoms with van der Waals surface area (Å²) in [5.74, 6) is -0.390. The summed E-state index contributed by atoms with van der Waals surface area (Å²) in [6, 6.07) is 15.5. The zero-order chi connectivity index (χ0) is 16.2. The SMILES string of the molecule is C=C(C)C(=O)Nc1ccccc1S(=O)(=O)[As]c1ccccc1. The Balaban J connectivity index is 2.35. The first-order chi connectivity index (χ1) is 10.4. The fourth-order valence-electron chi connectivity index (χ4n) is 1.70. The van der Waals surface area contributed by atoms with Crippen LogP contribution in [0.15, 0.2) is 71.6 Å². The molecule has 0 heterocycles. The Bertz CT molecular complexity index is 801. The monoisotopic (exact) mass is 376 g/mol. The normalized spacial score (nSPS) is 11.5. The van der Waals surface area contributed by atoms with E-state index >= 15 is 0 Å². The van der Waals surface area contributed by atoms with Crippen LogP contribution >= 0.6 is 0 Å². The molecule has 113 valence electrons. The Morgan fingerprint density at radius 3 is 2.27 bits per heavy atom. The quantitative estimate of drug-likeness (QED) is 0.641. The molecule has 0 atom stereocenters. The number of nitrogens with one attached hydrogen (secondary N) is 1. The van der Waals surface area contributed by atoms with E-state index in [0.29, 0.717) is 11.3 Å². The molecule has 4 nitrogen and oxygen atoms in total. The van der Waals surface area contributed by atoms with Gasteiger partial charge in [0.2, 0.25) is 0 Å². The minimum atomic E-state index is -3.47. The predicted octanol–water partition coefficient (Wildman–Crippen LogP) is 1.92. The average molecular weight is 376 g/mol. The number of rotatable bonds is 5. The number of anilines is 1. The summed E-state index contributed by atoms with van der Waals surface area (Å²) >= 11 is -1.09. The van der Waals surface area contributed by atoms with Gasteiger partial charge in [0.1, 0.15) is 0 Å². The van der Waals surface area contributed by atoms with Crippen LogP contribution in [0.5, 0.6) is 0 Å². The zero-order valence-corrected chi connectivity index (χ0v) is 14.7. The summed E-state index contributed by atoms with van der Waals surface area (Å²) in [5.41, 5.74) is 0.616. The van der Waals surface area contributed by atoms with Gasteiger partial charge < -0.3 is 0 Å². The van der Waals surface area contributed by atoms with Crippen molar-refractivity contribution in [2.24, 2.45) is 0 Å². The van der Waals surface area contributed by atoms with Gasteiger partial charge in [-0.3, -0.25) is 0 Å². The molecule has 22 heavy (non-hydrogen) atoms. The maximum atomic E-state index is 12.6. The van der Waals surface area contributed by atoms with E-state index in [1.165, 1.54) is 6.07 Å². The molecule has 0 bridgehead atoms. The first kappa shape index (κ1) is 16.5. The standard InChI is InChI=1S/C16H15AsNO3S/c1-12(2)16(19)18-14-10-6-7-11-15(14)22(20,21)17-13-8-4-3-5-9-13/h3-11H,1H2,2H3,(H,18,19). The van der Waals surface area contributed by atoms with Gasteiger partial charge in [-0.25, -0.2) is 0 Å². The third kappa shape index (κ3) is 4.09. The molecule has 0 saturated carbocycles. The summed E-state index contributed by atoms with van der Waals surface area (Å²) in [6.07, 6.45) is 0. The molecule has 0 unspecified atom stereocenters. The van der Waals surface area contributed by atoms with Crippen molar-refractivity contribution in [1.29, 1.82) is 0 Å². The molecular formula is C16H15AsNO3S. The zero-order valence-electron chi connectivity index (χ0n) is 12.0. The van der Waals surface area contributed by atoms with Crippen molar-refractivity contribution in [2.75, 3.05) is 5.32 Å². The van der Waals surface area contributed by atoms with E-state index in [4.69, 9.17) is 0 Å². The Morgan fingerprint density at radius 2 is 1.64 bits per heavy atom. The predicted molar refractivity (Wildman–Crippen MR) is 88.9 cm³/mol. The molecule has 6 heteroatoms. The van der Waals surface area contributed by atoms with Crippen LogP contribution < -0.4 is 9.67 Å². The van der Waals surface area contributed by atoms with Crippen LogP contribution in [0.3, 0.4) is 0 Å². The molecule has 2 rings (SSSR count). The van der Waals surface area contributed by atoms with Crippen molar-refractivity contribution in [2.45, 2.75) is 11.8 Å². The van der Waals surface area contributed by atoms with Crippen molar-refractivity contribution in [3.8, 4) is 0 Å².